The molecule has 3 rings (SSSR count). The van der Waals surface area contributed by atoms with Gasteiger partial charge in [0.05, 0.1) is 12.5 Å². The maximum absolute atomic E-state index is 13.1. The average Bonchev–Trinajstić information content (AvgIpc) is 3.01. The number of para-hydroxylation sites is 1. The second-order valence-corrected chi connectivity index (χ2v) is 6.96. The van der Waals surface area contributed by atoms with E-state index in [1.165, 1.54) is 11.8 Å². The minimum absolute atomic E-state index is 0.000668. The van der Waals surface area contributed by atoms with Crippen LogP contribution in [0.25, 0.3) is 0 Å². The number of amides is 3. The summed E-state index contributed by atoms with van der Waals surface area (Å²) in [6, 6.07) is 13.0. The third-order valence-electron chi connectivity index (χ3n) is 4.60. The lowest BCUT2D eigenvalue weighted by molar-refractivity contribution is -0.125. The zero-order chi connectivity index (χ0) is 19.6. The molecule has 2 aromatic rings. The number of nitrogens with one attached hydrogen (secondary N) is 1. The van der Waals surface area contributed by atoms with Crippen molar-refractivity contribution in [2.45, 2.75) is 31.8 Å². The first kappa shape index (κ1) is 18.9. The highest BCUT2D eigenvalue weighted by atomic mass is 35.5. The fraction of sp³-hybridized carbons (Fsp3) is 0.250. The Labute approximate surface area is 162 Å². The molecule has 0 saturated heterocycles. The minimum atomic E-state index is -0.724. The predicted octanol–water partition coefficient (Wildman–Crippen LogP) is 2.35. The number of carbonyl (C=O) groups excluding carboxylic acids is 3. The predicted molar refractivity (Wildman–Crippen MR) is 103 cm³/mol. The topological polar surface area (TPSA) is 92.5 Å². The van der Waals surface area contributed by atoms with Crippen molar-refractivity contribution in [3.63, 3.8) is 0 Å². The monoisotopic (exact) mass is 385 g/mol. The highest BCUT2D eigenvalue weighted by Gasteiger charge is 2.37. The van der Waals surface area contributed by atoms with Gasteiger partial charge >= 0.3 is 0 Å². The second kappa shape index (κ2) is 7.80. The van der Waals surface area contributed by atoms with Crippen LogP contribution < -0.4 is 16.0 Å². The van der Waals surface area contributed by atoms with Crippen LogP contribution >= 0.6 is 11.6 Å². The Morgan fingerprint density at radius 2 is 1.85 bits per heavy atom. The highest BCUT2D eigenvalue weighted by molar-refractivity contribution is 6.30. The van der Waals surface area contributed by atoms with Crippen LogP contribution in [-0.2, 0) is 20.8 Å². The number of carbonyl (C=O) groups is 3. The lowest BCUT2D eigenvalue weighted by Crippen LogP contribution is -2.47. The van der Waals surface area contributed by atoms with Gasteiger partial charge in [0.2, 0.25) is 17.7 Å². The van der Waals surface area contributed by atoms with Gasteiger partial charge in [-0.3, -0.25) is 19.3 Å². The maximum Gasteiger partial charge on any atom is 0.240 e. The normalized spacial score (nSPS) is 16.5. The van der Waals surface area contributed by atoms with Gasteiger partial charge in [-0.25, -0.2) is 0 Å². The van der Waals surface area contributed by atoms with Crippen LogP contribution in [0.4, 0.5) is 5.69 Å². The summed E-state index contributed by atoms with van der Waals surface area (Å²) < 4.78 is 0. The summed E-state index contributed by atoms with van der Waals surface area (Å²) in [5, 5.41) is 3.36. The number of hydrogen-bond acceptors (Lipinski definition) is 3. The Kier molecular flexibility index (Phi) is 5.46. The molecule has 0 radical (unpaired) electrons. The Hall–Kier alpha value is -2.86. The van der Waals surface area contributed by atoms with Crippen LogP contribution in [0.15, 0.2) is 48.5 Å². The number of nitrogens with two attached hydrogens (primary N) is 1. The third-order valence-corrected chi connectivity index (χ3v) is 4.85. The van der Waals surface area contributed by atoms with Crippen molar-refractivity contribution in [2.24, 2.45) is 5.73 Å². The lowest BCUT2D eigenvalue weighted by atomic mass is 10.0. The van der Waals surface area contributed by atoms with Gasteiger partial charge in [-0.15, -0.1) is 0 Å². The van der Waals surface area contributed by atoms with Crippen molar-refractivity contribution in [2.75, 3.05) is 4.90 Å². The number of benzene rings is 2. The fourth-order valence-electron chi connectivity index (χ4n) is 3.39. The minimum Gasteiger partial charge on any atom is -0.368 e. The number of fused-ring (bicyclic) bond motifs is 1. The molecule has 27 heavy (non-hydrogen) atoms. The molecule has 3 N–H and O–H groups in total. The molecule has 2 atom stereocenters. The largest absolute Gasteiger partial charge is 0.368 e. The Morgan fingerprint density at radius 1 is 1.19 bits per heavy atom. The van der Waals surface area contributed by atoms with Gasteiger partial charge in [-0.2, -0.15) is 0 Å². The van der Waals surface area contributed by atoms with Gasteiger partial charge in [0.25, 0.3) is 0 Å². The van der Waals surface area contributed by atoms with Crippen LogP contribution in [0, 0.1) is 0 Å². The number of anilines is 1. The molecule has 2 aromatic carbocycles. The van der Waals surface area contributed by atoms with E-state index < -0.39 is 18.0 Å². The van der Waals surface area contributed by atoms with E-state index in [0.717, 1.165) is 11.1 Å². The first-order valence-corrected chi connectivity index (χ1v) is 8.96. The van der Waals surface area contributed by atoms with E-state index in [0.29, 0.717) is 17.1 Å². The molecule has 1 heterocycles. The van der Waals surface area contributed by atoms with Crippen molar-refractivity contribution in [3.05, 3.63) is 64.7 Å². The number of halogens is 1. The molecule has 0 unspecified atom stereocenters. The number of primary amides is 1. The summed E-state index contributed by atoms with van der Waals surface area (Å²) in [4.78, 5) is 38.1. The molecular weight excluding hydrogens is 366 g/mol. The van der Waals surface area contributed by atoms with Crippen molar-refractivity contribution >= 4 is 35.0 Å². The van der Waals surface area contributed by atoms with Crippen LogP contribution in [0.3, 0.4) is 0 Å². The van der Waals surface area contributed by atoms with E-state index in [2.05, 4.69) is 5.32 Å². The van der Waals surface area contributed by atoms with Crippen LogP contribution in [0.5, 0.6) is 0 Å². The maximum atomic E-state index is 13.1. The molecule has 0 spiro atoms. The molecule has 0 bridgehead atoms. The van der Waals surface area contributed by atoms with Gasteiger partial charge in [-0.1, -0.05) is 41.9 Å². The average molecular weight is 386 g/mol. The standard InChI is InChI=1S/C20H20ClN3O3/c1-12(25)23-16(13-6-8-15(21)9-7-13)11-19(26)24-17-5-3-2-4-14(17)10-18(24)20(22)27/h2-9,16,18H,10-11H2,1H3,(H2,22,27)(H,23,25)/t16-,18-/m0/s1. The van der Waals surface area contributed by atoms with Crippen molar-refractivity contribution < 1.29 is 14.4 Å². The van der Waals surface area contributed by atoms with Gasteiger partial charge in [0.15, 0.2) is 0 Å². The van der Waals surface area contributed by atoms with Gasteiger partial charge in [0.1, 0.15) is 6.04 Å². The Balaban J connectivity index is 1.89. The van der Waals surface area contributed by atoms with E-state index in [4.69, 9.17) is 17.3 Å². The van der Waals surface area contributed by atoms with E-state index in [1.807, 2.05) is 18.2 Å². The summed E-state index contributed by atoms with van der Waals surface area (Å²) >= 11 is 5.93. The number of hydrogen-bond donors (Lipinski definition) is 2. The van der Waals surface area contributed by atoms with Crippen molar-refractivity contribution in [3.8, 4) is 0 Å². The number of rotatable bonds is 5. The summed E-state index contributed by atoms with van der Waals surface area (Å²) in [6.07, 6.45) is 0.391. The van der Waals surface area contributed by atoms with E-state index >= 15 is 0 Å². The first-order chi connectivity index (χ1) is 12.9. The molecule has 6 nitrogen and oxygen atoms in total. The van der Waals surface area contributed by atoms with Crippen molar-refractivity contribution in [1.82, 2.24) is 5.32 Å². The Bertz CT molecular complexity index is 882. The van der Waals surface area contributed by atoms with Crippen LogP contribution in [0.1, 0.15) is 30.5 Å². The molecule has 1 aliphatic heterocycles. The van der Waals surface area contributed by atoms with E-state index in [1.54, 1.807) is 30.3 Å². The van der Waals surface area contributed by atoms with Crippen molar-refractivity contribution in [1.29, 1.82) is 0 Å². The fourth-order valence-corrected chi connectivity index (χ4v) is 3.51. The zero-order valence-corrected chi connectivity index (χ0v) is 15.6. The van der Waals surface area contributed by atoms with E-state index in [9.17, 15) is 14.4 Å². The summed E-state index contributed by atoms with van der Waals surface area (Å²) in [6.45, 7) is 1.39. The van der Waals surface area contributed by atoms with Crippen LogP contribution in [-0.4, -0.2) is 23.8 Å². The molecular formula is C20H20ClN3O3. The summed E-state index contributed by atoms with van der Waals surface area (Å²) in [5.74, 6) is -1.09. The summed E-state index contributed by atoms with van der Waals surface area (Å²) in [7, 11) is 0. The SMILES string of the molecule is CC(=O)N[C@@H](CC(=O)N1c2ccccc2C[C@H]1C(N)=O)c1ccc(Cl)cc1. The highest BCUT2D eigenvalue weighted by Crippen LogP contribution is 2.33. The third kappa shape index (κ3) is 4.11. The molecule has 0 aliphatic carbocycles. The summed E-state index contributed by atoms with van der Waals surface area (Å²) in [5.41, 5.74) is 7.87. The molecule has 0 fully saturated rings. The van der Waals surface area contributed by atoms with Crippen LogP contribution in [0.2, 0.25) is 5.02 Å². The van der Waals surface area contributed by atoms with Gasteiger partial charge in [0, 0.05) is 24.1 Å². The Morgan fingerprint density at radius 3 is 2.48 bits per heavy atom. The molecule has 7 heteroatoms. The first-order valence-electron chi connectivity index (χ1n) is 8.58. The molecule has 0 saturated carbocycles. The molecule has 140 valence electrons. The quantitative estimate of drug-likeness (QED) is 0.827. The lowest BCUT2D eigenvalue weighted by Gasteiger charge is -2.26. The molecule has 0 aromatic heterocycles. The van der Waals surface area contributed by atoms with E-state index in [-0.39, 0.29) is 18.2 Å². The van der Waals surface area contributed by atoms with Gasteiger partial charge < -0.3 is 11.1 Å². The van der Waals surface area contributed by atoms with Gasteiger partial charge in [-0.05, 0) is 29.3 Å². The smallest absolute Gasteiger partial charge is 0.240 e. The zero-order valence-electron chi connectivity index (χ0n) is 14.8. The molecule has 3 amide bonds. The second-order valence-electron chi connectivity index (χ2n) is 6.52. The number of nitrogens with zero attached hydrogens (tertiary/aromatic N) is 1. The molecule has 1 aliphatic rings.